The van der Waals surface area contributed by atoms with Crippen LogP contribution in [0, 0.1) is 0 Å². The Bertz CT molecular complexity index is 1220. The zero-order chi connectivity index (χ0) is 21.1. The number of hydrogen-bond donors (Lipinski definition) is 0. The Balaban J connectivity index is 1.99. The van der Waals surface area contributed by atoms with Crippen molar-refractivity contribution in [1.82, 2.24) is 0 Å². The van der Waals surface area contributed by atoms with Crippen molar-refractivity contribution in [3.63, 3.8) is 0 Å². The van der Waals surface area contributed by atoms with Gasteiger partial charge in [0.2, 0.25) is 0 Å². The normalized spacial score (nSPS) is 23.1. The molecule has 2 atom stereocenters. The Morgan fingerprint density at radius 2 is 1.13 bits per heavy atom. The fraction of sp³-hybridized carbons (Fsp3) is 0.0769. The number of halogens is 2. The second-order valence-electron chi connectivity index (χ2n) is 9.84. The molecule has 0 N–H and O–H groups in total. The maximum atomic E-state index is 8.48. The van der Waals surface area contributed by atoms with E-state index in [9.17, 15) is 0 Å². The van der Waals surface area contributed by atoms with Gasteiger partial charge in [0.1, 0.15) is 0 Å². The van der Waals surface area contributed by atoms with Gasteiger partial charge >= 0.3 is 183 Å². The average Bonchev–Trinajstić information content (AvgIpc) is 3.41. The van der Waals surface area contributed by atoms with Gasteiger partial charge in [-0.25, -0.2) is 0 Å². The molecule has 3 aromatic carbocycles. The molecule has 30 heavy (non-hydrogen) atoms. The summed E-state index contributed by atoms with van der Waals surface area (Å²) in [5.74, 6) is 0. The van der Waals surface area contributed by atoms with Gasteiger partial charge < -0.3 is 0 Å². The molecule has 4 heteroatoms. The first-order valence-electron chi connectivity index (χ1n) is 10.5. The monoisotopic (exact) mass is 525 g/mol. The van der Waals surface area contributed by atoms with E-state index in [1.807, 2.05) is 9.85 Å². The van der Waals surface area contributed by atoms with Crippen molar-refractivity contribution in [2.75, 3.05) is 0 Å². The fourth-order valence-corrected chi connectivity index (χ4v) is 38.2. The van der Waals surface area contributed by atoms with Crippen LogP contribution in [0.2, 0.25) is 0 Å². The van der Waals surface area contributed by atoms with Gasteiger partial charge in [-0.2, -0.15) is 0 Å². The van der Waals surface area contributed by atoms with Crippen molar-refractivity contribution in [3.05, 3.63) is 124 Å². The van der Waals surface area contributed by atoms with E-state index < -0.39 is 12.6 Å². The molecule has 0 amide bonds. The summed E-state index contributed by atoms with van der Waals surface area (Å²) >= 11 is -6.06. The topological polar surface area (TPSA) is 0 Å². The second-order valence-corrected chi connectivity index (χ2v) is 76.2. The molecule has 0 fully saturated rings. The molecule has 0 spiro atoms. The van der Waals surface area contributed by atoms with Gasteiger partial charge in [-0.1, -0.05) is 0 Å². The molecule has 0 saturated carbocycles. The van der Waals surface area contributed by atoms with Crippen LogP contribution in [0.4, 0.5) is 0 Å². The van der Waals surface area contributed by atoms with Gasteiger partial charge in [0.05, 0.1) is 0 Å². The summed E-state index contributed by atoms with van der Waals surface area (Å²) in [5.41, 5.74) is 4.81. The van der Waals surface area contributed by atoms with Gasteiger partial charge in [0.15, 0.2) is 0 Å². The first kappa shape index (κ1) is 20.5. The van der Waals surface area contributed by atoms with Crippen LogP contribution in [0.3, 0.4) is 0 Å². The number of rotatable bonds is 4. The molecule has 2 unspecified atom stereocenters. The Kier molecular flexibility index (Phi) is 3.87. The van der Waals surface area contributed by atoms with Crippen molar-refractivity contribution >= 4 is 39.8 Å². The van der Waals surface area contributed by atoms with Gasteiger partial charge in [-0.15, -0.1) is 0 Å². The molecule has 0 bridgehead atoms. The molecule has 0 nitrogen and oxygen atoms in total. The summed E-state index contributed by atoms with van der Waals surface area (Å²) in [7, 11) is 17.5. The van der Waals surface area contributed by atoms with Crippen molar-refractivity contribution in [2.45, 2.75) is 7.25 Å². The van der Waals surface area contributed by atoms with Crippen LogP contribution >= 0.6 is 17.0 Å². The molecule has 5 rings (SSSR count). The van der Waals surface area contributed by atoms with E-state index in [0.717, 1.165) is 3.27 Å². The molecule has 0 aliphatic heterocycles. The first-order valence-corrected chi connectivity index (χ1v) is 30.6. The third-order valence-corrected chi connectivity index (χ3v) is 53.5. The van der Waals surface area contributed by atoms with Gasteiger partial charge in [0, 0.05) is 0 Å². The molecule has 2 aliphatic rings. The van der Waals surface area contributed by atoms with E-state index in [0.29, 0.717) is 7.37 Å². The van der Waals surface area contributed by atoms with Crippen LogP contribution in [-0.4, -0.2) is 7.37 Å². The minimum atomic E-state index is -6.06. The van der Waals surface area contributed by atoms with Crippen LogP contribution in [0.15, 0.2) is 101 Å². The Hall–Kier alpha value is -1.44. The molecular formula is C26H25Cl2SiZr. The minimum absolute atomic E-state index is 0.117. The van der Waals surface area contributed by atoms with Crippen molar-refractivity contribution in [1.29, 1.82) is 0 Å². The molecule has 3 aromatic rings. The number of benzene rings is 3. The summed E-state index contributed by atoms with van der Waals surface area (Å²) in [5, 5.41) is 0. The van der Waals surface area contributed by atoms with E-state index in [1.165, 1.54) is 22.3 Å². The summed E-state index contributed by atoms with van der Waals surface area (Å²) in [6, 6.07) is 27.4. The van der Waals surface area contributed by atoms with Crippen LogP contribution in [0.1, 0.15) is 29.5 Å². The number of fused-ring (bicyclic) bond motifs is 2. The van der Waals surface area contributed by atoms with E-state index >= 15 is 0 Å². The summed E-state index contributed by atoms with van der Waals surface area (Å²) in [6.45, 7) is 4.45. The Morgan fingerprint density at radius 3 is 1.60 bits per heavy atom. The van der Waals surface area contributed by atoms with Gasteiger partial charge in [-0.05, 0) is 0 Å². The van der Waals surface area contributed by atoms with E-state index in [-0.39, 0.29) is 7.25 Å². The average molecular weight is 528 g/mol. The van der Waals surface area contributed by atoms with Crippen molar-refractivity contribution in [2.24, 2.45) is 0 Å². The van der Waals surface area contributed by atoms with Gasteiger partial charge in [0.25, 0.3) is 0 Å². The third-order valence-electron chi connectivity index (χ3n) is 8.20. The predicted octanol–water partition coefficient (Wildman–Crippen LogP) is 6.34. The van der Waals surface area contributed by atoms with Crippen LogP contribution < -0.4 is 3.27 Å². The van der Waals surface area contributed by atoms with Crippen LogP contribution in [0.25, 0.3) is 12.2 Å². The molecule has 151 valence electrons. The zero-order valence-electron chi connectivity index (χ0n) is 17.0. The molecule has 0 radical (unpaired) electrons. The van der Waals surface area contributed by atoms with Crippen molar-refractivity contribution in [3.8, 4) is 0 Å². The predicted molar refractivity (Wildman–Crippen MR) is 134 cm³/mol. The van der Waals surface area contributed by atoms with Crippen molar-refractivity contribution < 1.29 is 12.6 Å². The second kappa shape index (κ2) is 5.67. The molecule has 0 heterocycles. The van der Waals surface area contributed by atoms with E-state index in [4.69, 9.17) is 17.0 Å². The maximum absolute atomic E-state index is 8.48. The molecule has 0 aromatic heterocycles. The summed E-state index contributed by atoms with van der Waals surface area (Å²) < 4.78 is 2.86. The number of allylic oxidation sites excluding steroid dienone is 2. The van der Waals surface area contributed by atoms with Crippen LogP contribution in [0.5, 0.6) is 0 Å². The Morgan fingerprint density at radius 1 is 0.700 bits per heavy atom. The standard InChI is InChI=1S/2C9H7.C6H5.C2H3.2ClH.H3Si.Zr/c2*1-2-5-9-7-3-6-8(9)4-1;1-2-4-6-5-3-1;1-2;;;;/h2*1-7H;1-5H;1H,2H2;2*1H;1H3;/q;;;;;;;+2/p-2. The SMILES string of the molecule is C=[CH][Zr]([SiH3])([Cl])([Cl])([c]1ccccc1)([CH]1C=Cc2ccccc21)[CH]1C=Cc2ccccc21. The summed E-state index contributed by atoms with van der Waals surface area (Å²) in [6.07, 6.45) is 8.88. The molecule has 2 aliphatic carbocycles. The first-order chi connectivity index (χ1) is 14.2. The van der Waals surface area contributed by atoms with Crippen LogP contribution in [-0.2, 0) is 12.6 Å². The molecular weight excluding hydrogens is 503 g/mol. The van der Waals surface area contributed by atoms with Gasteiger partial charge in [-0.3, -0.25) is 0 Å². The third kappa shape index (κ3) is 2.21. The van der Waals surface area contributed by atoms with E-state index in [1.54, 1.807) is 0 Å². The zero-order valence-corrected chi connectivity index (χ0v) is 23.0. The quantitative estimate of drug-likeness (QED) is 0.348. The Labute approximate surface area is 182 Å². The molecule has 0 saturated heterocycles. The fourth-order valence-electron chi connectivity index (χ4n) is 6.16. The number of hydrogen-bond acceptors (Lipinski definition) is 0. The summed E-state index contributed by atoms with van der Waals surface area (Å²) in [4.78, 5) is 0. The van der Waals surface area contributed by atoms with E-state index in [2.05, 4.69) is 104 Å².